The van der Waals surface area contributed by atoms with Gasteiger partial charge in [-0.15, -0.1) is 10.2 Å². The van der Waals surface area contributed by atoms with Gasteiger partial charge < -0.3 is 4.74 Å². The maximum Gasteiger partial charge on any atom is 0.233 e. The van der Waals surface area contributed by atoms with Crippen molar-refractivity contribution in [2.75, 3.05) is 0 Å². The maximum atomic E-state index is 8.51. The van der Waals surface area contributed by atoms with Gasteiger partial charge in [0.1, 0.15) is 6.07 Å². The van der Waals surface area contributed by atoms with Gasteiger partial charge in [0.15, 0.2) is 5.69 Å². The standard InChI is InChI=1S/C10H13N3O/c1-7(2)8(3)14-10-5-4-9(6-11)12-13-10/h4-5,7-8H,1-3H3. The van der Waals surface area contributed by atoms with Crippen LogP contribution in [0.5, 0.6) is 5.88 Å². The molecule has 1 heterocycles. The minimum atomic E-state index is 0.0947. The summed E-state index contributed by atoms with van der Waals surface area (Å²) in [4.78, 5) is 0. The first-order valence-corrected chi connectivity index (χ1v) is 4.54. The molecule has 1 aromatic heterocycles. The summed E-state index contributed by atoms with van der Waals surface area (Å²) in [6.45, 7) is 6.12. The lowest BCUT2D eigenvalue weighted by atomic mass is 10.1. The maximum absolute atomic E-state index is 8.51. The van der Waals surface area contributed by atoms with E-state index in [1.54, 1.807) is 12.1 Å². The number of hydrogen-bond acceptors (Lipinski definition) is 4. The Labute approximate surface area is 83.5 Å². The molecule has 0 aromatic carbocycles. The number of hydrogen-bond donors (Lipinski definition) is 0. The zero-order chi connectivity index (χ0) is 10.6. The van der Waals surface area contributed by atoms with Crippen LogP contribution in [0.1, 0.15) is 26.5 Å². The van der Waals surface area contributed by atoms with Gasteiger partial charge in [0.2, 0.25) is 5.88 Å². The van der Waals surface area contributed by atoms with Gasteiger partial charge in [0.25, 0.3) is 0 Å². The molecule has 1 aromatic rings. The van der Waals surface area contributed by atoms with Crippen LogP contribution in [-0.4, -0.2) is 16.3 Å². The highest BCUT2D eigenvalue weighted by molar-refractivity contribution is 5.21. The third-order valence-electron chi connectivity index (χ3n) is 2.00. The molecule has 0 fully saturated rings. The van der Waals surface area contributed by atoms with E-state index in [9.17, 15) is 0 Å². The van der Waals surface area contributed by atoms with Crippen molar-refractivity contribution in [1.82, 2.24) is 10.2 Å². The smallest absolute Gasteiger partial charge is 0.233 e. The average molecular weight is 191 g/mol. The molecule has 1 unspecified atom stereocenters. The second-order valence-electron chi connectivity index (χ2n) is 3.44. The minimum absolute atomic E-state index is 0.0947. The van der Waals surface area contributed by atoms with E-state index in [1.165, 1.54) is 0 Å². The van der Waals surface area contributed by atoms with Crippen LogP contribution >= 0.6 is 0 Å². The third kappa shape index (κ3) is 2.70. The highest BCUT2D eigenvalue weighted by Crippen LogP contribution is 2.11. The monoisotopic (exact) mass is 191 g/mol. The lowest BCUT2D eigenvalue weighted by Crippen LogP contribution is -2.19. The molecule has 0 aliphatic carbocycles. The molecule has 0 aliphatic heterocycles. The van der Waals surface area contributed by atoms with Gasteiger partial charge in [-0.2, -0.15) is 5.26 Å². The summed E-state index contributed by atoms with van der Waals surface area (Å²) in [5.41, 5.74) is 0.301. The van der Waals surface area contributed by atoms with Crippen LogP contribution in [0.25, 0.3) is 0 Å². The van der Waals surface area contributed by atoms with Crippen molar-refractivity contribution in [3.05, 3.63) is 17.8 Å². The number of nitriles is 1. The predicted molar refractivity (Wildman–Crippen MR) is 51.7 cm³/mol. The third-order valence-corrected chi connectivity index (χ3v) is 2.00. The summed E-state index contributed by atoms with van der Waals surface area (Å²) in [6.07, 6.45) is 0.0947. The number of aromatic nitrogens is 2. The van der Waals surface area contributed by atoms with E-state index in [2.05, 4.69) is 24.0 Å². The first kappa shape index (κ1) is 10.5. The van der Waals surface area contributed by atoms with E-state index >= 15 is 0 Å². The van der Waals surface area contributed by atoms with E-state index < -0.39 is 0 Å². The quantitative estimate of drug-likeness (QED) is 0.730. The molecule has 0 spiro atoms. The van der Waals surface area contributed by atoms with Crippen molar-refractivity contribution in [3.8, 4) is 11.9 Å². The molecule has 1 atom stereocenters. The van der Waals surface area contributed by atoms with E-state index in [1.807, 2.05) is 13.0 Å². The molecular formula is C10H13N3O. The van der Waals surface area contributed by atoms with Crippen molar-refractivity contribution in [2.45, 2.75) is 26.9 Å². The SMILES string of the molecule is CC(C)C(C)Oc1ccc(C#N)nn1. The fourth-order valence-corrected chi connectivity index (χ4v) is 0.769. The summed E-state index contributed by atoms with van der Waals surface area (Å²) < 4.78 is 5.49. The minimum Gasteiger partial charge on any atom is -0.473 e. The molecule has 74 valence electrons. The summed E-state index contributed by atoms with van der Waals surface area (Å²) in [5, 5.41) is 16.0. The Morgan fingerprint density at radius 3 is 2.43 bits per heavy atom. The first-order valence-electron chi connectivity index (χ1n) is 4.54. The Balaban J connectivity index is 2.65. The molecule has 0 amide bonds. The molecule has 0 aliphatic rings. The normalized spacial score (nSPS) is 12.2. The molecule has 0 bridgehead atoms. The molecule has 0 N–H and O–H groups in total. The number of ether oxygens (including phenoxy) is 1. The molecular weight excluding hydrogens is 178 g/mol. The average Bonchev–Trinajstić information content (AvgIpc) is 2.19. The Morgan fingerprint density at radius 2 is 2.00 bits per heavy atom. The lowest BCUT2D eigenvalue weighted by Gasteiger charge is -2.16. The molecule has 4 nitrogen and oxygen atoms in total. The Bertz CT molecular complexity index is 326. The van der Waals surface area contributed by atoms with Crippen molar-refractivity contribution in [3.63, 3.8) is 0 Å². The Kier molecular flexibility index (Phi) is 3.41. The van der Waals surface area contributed by atoms with Gasteiger partial charge in [-0.25, -0.2) is 0 Å². The summed E-state index contributed by atoms with van der Waals surface area (Å²) in [7, 11) is 0. The van der Waals surface area contributed by atoms with Crippen LogP contribution in [-0.2, 0) is 0 Å². The van der Waals surface area contributed by atoms with E-state index in [0.717, 1.165) is 0 Å². The molecule has 1 rings (SSSR count). The van der Waals surface area contributed by atoms with Gasteiger partial charge in [0, 0.05) is 6.07 Å². The second kappa shape index (κ2) is 4.56. The van der Waals surface area contributed by atoms with Crippen molar-refractivity contribution < 1.29 is 4.74 Å². The van der Waals surface area contributed by atoms with E-state index in [-0.39, 0.29) is 6.10 Å². The fourth-order valence-electron chi connectivity index (χ4n) is 0.769. The van der Waals surface area contributed by atoms with Crippen LogP contribution in [0, 0.1) is 17.2 Å². The van der Waals surface area contributed by atoms with Gasteiger partial charge in [0.05, 0.1) is 6.10 Å². The molecule has 0 saturated heterocycles. The van der Waals surface area contributed by atoms with Crippen LogP contribution in [0.3, 0.4) is 0 Å². The Morgan fingerprint density at radius 1 is 1.29 bits per heavy atom. The van der Waals surface area contributed by atoms with Crippen LogP contribution in [0.4, 0.5) is 0 Å². The second-order valence-corrected chi connectivity index (χ2v) is 3.44. The van der Waals surface area contributed by atoms with Crippen molar-refractivity contribution >= 4 is 0 Å². The Hall–Kier alpha value is -1.63. The van der Waals surface area contributed by atoms with Gasteiger partial charge in [-0.05, 0) is 18.9 Å². The molecule has 0 saturated carbocycles. The molecule has 4 heteroatoms. The van der Waals surface area contributed by atoms with Crippen LogP contribution < -0.4 is 4.74 Å². The number of nitrogens with zero attached hydrogens (tertiary/aromatic N) is 3. The van der Waals surface area contributed by atoms with Gasteiger partial charge in [-0.1, -0.05) is 13.8 Å². The lowest BCUT2D eigenvalue weighted by molar-refractivity contribution is 0.161. The highest BCUT2D eigenvalue weighted by Gasteiger charge is 2.09. The number of rotatable bonds is 3. The summed E-state index contributed by atoms with van der Waals surface area (Å²) >= 11 is 0. The summed E-state index contributed by atoms with van der Waals surface area (Å²) in [6, 6.07) is 5.15. The topological polar surface area (TPSA) is 58.8 Å². The highest BCUT2D eigenvalue weighted by atomic mass is 16.5. The van der Waals surface area contributed by atoms with Gasteiger partial charge >= 0.3 is 0 Å². The molecule has 14 heavy (non-hydrogen) atoms. The van der Waals surface area contributed by atoms with Crippen molar-refractivity contribution in [1.29, 1.82) is 5.26 Å². The summed E-state index contributed by atoms with van der Waals surface area (Å²) in [5.74, 6) is 0.887. The van der Waals surface area contributed by atoms with Gasteiger partial charge in [-0.3, -0.25) is 0 Å². The molecule has 0 radical (unpaired) electrons. The van der Waals surface area contributed by atoms with Crippen molar-refractivity contribution in [2.24, 2.45) is 5.92 Å². The van der Waals surface area contributed by atoms with Crippen LogP contribution in [0.15, 0.2) is 12.1 Å². The van der Waals surface area contributed by atoms with Crippen LogP contribution in [0.2, 0.25) is 0 Å². The van der Waals surface area contributed by atoms with E-state index in [0.29, 0.717) is 17.5 Å². The zero-order valence-electron chi connectivity index (χ0n) is 8.56. The van der Waals surface area contributed by atoms with E-state index in [4.69, 9.17) is 10.00 Å². The zero-order valence-corrected chi connectivity index (χ0v) is 8.56. The fraction of sp³-hybridized carbons (Fsp3) is 0.500. The first-order chi connectivity index (χ1) is 6.63. The predicted octanol–water partition coefficient (Wildman–Crippen LogP) is 1.77. The largest absolute Gasteiger partial charge is 0.473 e.